The number of aromatic nitrogens is 2. The van der Waals surface area contributed by atoms with E-state index >= 15 is 4.39 Å². The summed E-state index contributed by atoms with van der Waals surface area (Å²) in [5.74, 6) is -0.356. The van der Waals surface area contributed by atoms with E-state index in [4.69, 9.17) is 5.73 Å². The molecule has 2 N–H and O–H groups in total. The highest BCUT2D eigenvalue weighted by molar-refractivity contribution is 5.90. The van der Waals surface area contributed by atoms with Gasteiger partial charge in [-0.2, -0.15) is 0 Å². The van der Waals surface area contributed by atoms with Crippen LogP contribution >= 0.6 is 0 Å². The highest BCUT2D eigenvalue weighted by Crippen LogP contribution is 2.31. The van der Waals surface area contributed by atoms with Crippen LogP contribution in [0.2, 0.25) is 0 Å². The van der Waals surface area contributed by atoms with Crippen molar-refractivity contribution in [3.05, 3.63) is 87.7 Å². The number of rotatable bonds is 3. The lowest BCUT2D eigenvalue weighted by Gasteiger charge is -2.17. The average Bonchev–Trinajstić information content (AvgIpc) is 2.71. The maximum absolute atomic E-state index is 15.1. The van der Waals surface area contributed by atoms with Crippen LogP contribution in [-0.2, 0) is 0 Å². The van der Waals surface area contributed by atoms with Gasteiger partial charge in [0.2, 0.25) is 0 Å². The van der Waals surface area contributed by atoms with Crippen LogP contribution in [0.15, 0.2) is 59.7 Å². The molecule has 0 atom stereocenters. The van der Waals surface area contributed by atoms with Crippen molar-refractivity contribution in [2.24, 2.45) is 0 Å². The summed E-state index contributed by atoms with van der Waals surface area (Å²) in [7, 11) is 0. The Kier molecular flexibility index (Phi) is 4.90. The minimum atomic E-state index is -0.493. The molecule has 0 saturated heterocycles. The first-order valence-electron chi connectivity index (χ1n) is 9.95. The van der Waals surface area contributed by atoms with Crippen molar-refractivity contribution in [2.45, 2.75) is 33.6 Å². The minimum Gasteiger partial charge on any atom is -0.398 e. The van der Waals surface area contributed by atoms with Crippen LogP contribution in [0.4, 0.5) is 10.1 Å². The topological polar surface area (TPSA) is 60.9 Å². The number of aryl methyl sites for hydroxylation is 2. The molecule has 0 spiro atoms. The molecule has 152 valence electrons. The summed E-state index contributed by atoms with van der Waals surface area (Å²) < 4.78 is 16.8. The number of fused-ring (bicyclic) bond motifs is 1. The van der Waals surface area contributed by atoms with E-state index in [1.54, 1.807) is 22.9 Å². The van der Waals surface area contributed by atoms with Crippen molar-refractivity contribution < 1.29 is 4.39 Å². The second-order valence-electron chi connectivity index (χ2n) is 8.00. The largest absolute Gasteiger partial charge is 0.398 e. The molecule has 0 aliphatic carbocycles. The van der Waals surface area contributed by atoms with Crippen LogP contribution in [0.3, 0.4) is 0 Å². The standard InChI is InChI=1S/C25H24FN3O/c1-14(2)20-13-29(24-8-6-5-7-15(24)3)25(30)18-10-21(26)19(9-17(18)20)23-11-22(27)16(4)12-28-23/h5-14H,1-4H3,(H2,27,28). The third kappa shape index (κ3) is 3.26. The van der Waals surface area contributed by atoms with Gasteiger partial charge in [0.25, 0.3) is 5.56 Å². The molecule has 2 aromatic carbocycles. The molecule has 0 saturated carbocycles. The van der Waals surface area contributed by atoms with E-state index < -0.39 is 5.82 Å². The molecule has 2 heterocycles. The number of benzene rings is 2. The molecule has 2 aromatic heterocycles. The summed E-state index contributed by atoms with van der Waals surface area (Å²) in [5.41, 5.74) is 10.7. The number of nitrogens with zero attached hydrogens (tertiary/aromatic N) is 2. The van der Waals surface area contributed by atoms with Crippen LogP contribution in [0.5, 0.6) is 0 Å². The Morgan fingerprint density at radius 2 is 1.77 bits per heavy atom. The van der Waals surface area contributed by atoms with Gasteiger partial charge < -0.3 is 5.73 Å². The fourth-order valence-corrected chi connectivity index (χ4v) is 3.74. The van der Waals surface area contributed by atoms with Gasteiger partial charge in [0.05, 0.1) is 16.8 Å². The Labute approximate surface area is 174 Å². The van der Waals surface area contributed by atoms with Gasteiger partial charge in [0.1, 0.15) is 5.82 Å². The number of nitrogens with two attached hydrogens (primary N) is 1. The predicted octanol–water partition coefficient (Wildman–Crippen LogP) is 5.51. The van der Waals surface area contributed by atoms with Gasteiger partial charge in [0, 0.05) is 23.6 Å². The van der Waals surface area contributed by atoms with Gasteiger partial charge >= 0.3 is 0 Å². The molecule has 4 nitrogen and oxygen atoms in total. The second kappa shape index (κ2) is 7.41. The zero-order chi connectivity index (χ0) is 21.6. The van der Waals surface area contributed by atoms with Crippen molar-refractivity contribution in [3.8, 4) is 16.9 Å². The Balaban J connectivity index is 2.05. The molecule has 5 heteroatoms. The third-order valence-corrected chi connectivity index (χ3v) is 5.55. The summed E-state index contributed by atoms with van der Waals surface area (Å²) in [6, 6.07) is 12.4. The third-order valence-electron chi connectivity index (χ3n) is 5.55. The number of hydrogen-bond donors (Lipinski definition) is 1. The molecule has 30 heavy (non-hydrogen) atoms. The molecule has 0 fully saturated rings. The zero-order valence-electron chi connectivity index (χ0n) is 17.5. The average molecular weight is 401 g/mol. The lowest BCUT2D eigenvalue weighted by atomic mass is 9.95. The molecule has 0 unspecified atom stereocenters. The first-order valence-corrected chi connectivity index (χ1v) is 9.95. The van der Waals surface area contributed by atoms with Gasteiger partial charge in [0.15, 0.2) is 0 Å². The Morgan fingerprint density at radius 1 is 1.03 bits per heavy atom. The van der Waals surface area contributed by atoms with Crippen LogP contribution < -0.4 is 11.3 Å². The normalized spacial score (nSPS) is 11.4. The summed E-state index contributed by atoms with van der Waals surface area (Å²) in [6.45, 7) is 7.94. The zero-order valence-corrected chi connectivity index (χ0v) is 17.5. The Bertz CT molecular complexity index is 1340. The number of hydrogen-bond acceptors (Lipinski definition) is 3. The van der Waals surface area contributed by atoms with E-state index in [1.807, 2.05) is 44.3 Å². The van der Waals surface area contributed by atoms with Gasteiger partial charge in [-0.25, -0.2) is 4.39 Å². The van der Waals surface area contributed by atoms with Crippen LogP contribution in [-0.4, -0.2) is 9.55 Å². The van der Waals surface area contributed by atoms with Gasteiger partial charge in [-0.1, -0.05) is 32.0 Å². The maximum Gasteiger partial charge on any atom is 0.263 e. The highest BCUT2D eigenvalue weighted by Gasteiger charge is 2.18. The summed E-state index contributed by atoms with van der Waals surface area (Å²) in [6.07, 6.45) is 3.50. The number of halogens is 1. The first-order chi connectivity index (χ1) is 14.3. The molecule has 0 radical (unpaired) electrons. The number of pyridine rings is 2. The molecule has 0 amide bonds. The Hall–Kier alpha value is -3.47. The van der Waals surface area contributed by atoms with Crippen molar-refractivity contribution in [1.82, 2.24) is 9.55 Å². The van der Waals surface area contributed by atoms with E-state index in [9.17, 15) is 4.79 Å². The van der Waals surface area contributed by atoms with E-state index in [2.05, 4.69) is 18.8 Å². The molecule has 4 aromatic rings. The van der Waals surface area contributed by atoms with Crippen molar-refractivity contribution in [1.29, 1.82) is 0 Å². The predicted molar refractivity (Wildman–Crippen MR) is 121 cm³/mol. The SMILES string of the molecule is Cc1cnc(-c2cc3c(C(C)C)cn(-c4ccccc4C)c(=O)c3cc2F)cc1N. The maximum atomic E-state index is 15.1. The first kappa shape index (κ1) is 19.8. The molecular formula is C25H24FN3O. The molecule has 0 aliphatic rings. The van der Waals surface area contributed by atoms with Gasteiger partial charge in [-0.15, -0.1) is 0 Å². The smallest absolute Gasteiger partial charge is 0.263 e. The van der Waals surface area contributed by atoms with Gasteiger partial charge in [-0.3, -0.25) is 14.3 Å². The lowest BCUT2D eigenvalue weighted by molar-refractivity contribution is 0.632. The van der Waals surface area contributed by atoms with Gasteiger partial charge in [-0.05, 0) is 66.1 Å². The second-order valence-corrected chi connectivity index (χ2v) is 8.00. The van der Waals surface area contributed by atoms with Crippen LogP contribution in [0.25, 0.3) is 27.7 Å². The lowest BCUT2D eigenvalue weighted by Crippen LogP contribution is -2.20. The molecule has 4 rings (SSSR count). The molecule has 0 aliphatic heterocycles. The minimum absolute atomic E-state index is 0.137. The van der Waals surface area contributed by atoms with Crippen LogP contribution in [0.1, 0.15) is 36.5 Å². The fraction of sp³-hybridized carbons (Fsp3) is 0.200. The molecule has 0 bridgehead atoms. The molecular weight excluding hydrogens is 377 g/mol. The quantitative estimate of drug-likeness (QED) is 0.492. The van der Waals surface area contributed by atoms with Crippen LogP contribution in [0, 0.1) is 19.7 Å². The summed E-state index contributed by atoms with van der Waals surface area (Å²) in [4.78, 5) is 17.7. The Morgan fingerprint density at radius 3 is 2.43 bits per heavy atom. The number of anilines is 1. The van der Waals surface area contributed by atoms with E-state index in [-0.39, 0.29) is 11.5 Å². The number of para-hydroxylation sites is 1. The number of nitrogen functional groups attached to an aromatic ring is 1. The van der Waals surface area contributed by atoms with E-state index in [0.29, 0.717) is 22.3 Å². The monoisotopic (exact) mass is 401 g/mol. The van der Waals surface area contributed by atoms with Crippen molar-refractivity contribution >= 4 is 16.5 Å². The van der Waals surface area contributed by atoms with E-state index in [1.165, 1.54) is 6.07 Å². The van der Waals surface area contributed by atoms with Crippen molar-refractivity contribution in [2.75, 3.05) is 5.73 Å². The summed E-state index contributed by atoms with van der Waals surface area (Å²) >= 11 is 0. The summed E-state index contributed by atoms with van der Waals surface area (Å²) in [5, 5.41) is 1.09. The van der Waals surface area contributed by atoms with Crippen molar-refractivity contribution in [3.63, 3.8) is 0 Å². The van der Waals surface area contributed by atoms with E-state index in [0.717, 1.165) is 27.8 Å². The highest BCUT2D eigenvalue weighted by atomic mass is 19.1. The fourth-order valence-electron chi connectivity index (χ4n) is 3.74.